The summed E-state index contributed by atoms with van der Waals surface area (Å²) in [6, 6.07) is 1.60. The lowest BCUT2D eigenvalue weighted by Gasteiger charge is -2.02. The fourth-order valence-corrected chi connectivity index (χ4v) is 1.97. The van der Waals surface area contributed by atoms with Gasteiger partial charge in [0.15, 0.2) is 0 Å². The molecule has 0 radical (unpaired) electrons. The van der Waals surface area contributed by atoms with Gasteiger partial charge in [-0.3, -0.25) is 29.0 Å². The topological polar surface area (TPSA) is 85.6 Å². The van der Waals surface area contributed by atoms with Crippen molar-refractivity contribution in [3.05, 3.63) is 45.4 Å². The molecule has 3 heterocycles. The SMILES string of the molecule is Cn1cc(-c2cc3c(=O)[nH]n(C)c(=O)c3cn2)cn1. The predicted molar refractivity (Wildman–Crippen MR) is 69.8 cm³/mol. The van der Waals surface area contributed by atoms with E-state index < -0.39 is 0 Å². The molecule has 3 aromatic heterocycles. The Hall–Kier alpha value is -2.70. The molecular formula is C12H11N5O2. The van der Waals surface area contributed by atoms with Crippen LogP contribution in [0.15, 0.2) is 34.2 Å². The number of hydrogen-bond donors (Lipinski definition) is 1. The van der Waals surface area contributed by atoms with E-state index in [0.717, 1.165) is 10.2 Å². The van der Waals surface area contributed by atoms with E-state index in [9.17, 15) is 9.59 Å². The second-order valence-corrected chi connectivity index (χ2v) is 4.32. The minimum atomic E-state index is -0.315. The highest BCUT2D eigenvalue weighted by Gasteiger charge is 2.09. The predicted octanol–water partition coefficient (Wildman–Crippen LogP) is 0.0223. The van der Waals surface area contributed by atoms with Gasteiger partial charge in [0.05, 0.1) is 22.7 Å². The molecule has 3 aromatic rings. The smallest absolute Gasteiger partial charge is 0.274 e. The van der Waals surface area contributed by atoms with Crippen molar-refractivity contribution in [2.75, 3.05) is 0 Å². The third-order valence-corrected chi connectivity index (χ3v) is 2.95. The lowest BCUT2D eigenvalue weighted by Crippen LogP contribution is -2.27. The highest BCUT2D eigenvalue weighted by Crippen LogP contribution is 2.17. The number of nitrogens with one attached hydrogen (secondary N) is 1. The summed E-state index contributed by atoms with van der Waals surface area (Å²) in [5.41, 5.74) is 0.813. The van der Waals surface area contributed by atoms with Crippen LogP contribution >= 0.6 is 0 Å². The van der Waals surface area contributed by atoms with Crippen molar-refractivity contribution in [2.24, 2.45) is 14.1 Å². The molecule has 0 aliphatic carbocycles. The van der Waals surface area contributed by atoms with E-state index in [4.69, 9.17) is 0 Å². The first-order valence-corrected chi connectivity index (χ1v) is 5.64. The van der Waals surface area contributed by atoms with Crippen LogP contribution in [0.1, 0.15) is 0 Å². The normalized spacial score (nSPS) is 11.1. The average molecular weight is 257 g/mol. The van der Waals surface area contributed by atoms with E-state index in [-0.39, 0.29) is 11.1 Å². The van der Waals surface area contributed by atoms with Gasteiger partial charge in [-0.1, -0.05) is 0 Å². The molecule has 0 spiro atoms. The third-order valence-electron chi connectivity index (χ3n) is 2.95. The molecule has 0 aliphatic rings. The molecule has 0 fully saturated rings. The van der Waals surface area contributed by atoms with Crippen LogP contribution in [-0.4, -0.2) is 24.5 Å². The number of aryl methyl sites for hydroxylation is 2. The van der Waals surface area contributed by atoms with Crippen LogP contribution in [0, 0.1) is 0 Å². The molecule has 3 rings (SSSR count). The van der Waals surface area contributed by atoms with Crippen LogP contribution in [0.3, 0.4) is 0 Å². The number of H-pyrrole nitrogens is 1. The summed E-state index contributed by atoms with van der Waals surface area (Å²) in [6.07, 6.45) is 4.88. The van der Waals surface area contributed by atoms with Gasteiger partial charge < -0.3 is 0 Å². The van der Waals surface area contributed by atoms with Crippen LogP contribution < -0.4 is 11.1 Å². The monoisotopic (exact) mass is 257 g/mol. The van der Waals surface area contributed by atoms with Gasteiger partial charge in [0, 0.05) is 32.1 Å². The van der Waals surface area contributed by atoms with Crippen LogP contribution in [0.4, 0.5) is 0 Å². The Balaban J connectivity index is 2.33. The molecule has 0 aliphatic heterocycles. The van der Waals surface area contributed by atoms with E-state index in [0.29, 0.717) is 16.5 Å². The number of aromatic nitrogens is 5. The summed E-state index contributed by atoms with van der Waals surface area (Å²) in [7, 11) is 3.30. The van der Waals surface area contributed by atoms with Gasteiger partial charge in [0.2, 0.25) is 0 Å². The molecule has 0 aromatic carbocycles. The Morgan fingerprint density at radius 1 is 1.16 bits per heavy atom. The Morgan fingerprint density at radius 2 is 1.95 bits per heavy atom. The van der Waals surface area contributed by atoms with E-state index in [1.54, 1.807) is 30.2 Å². The second-order valence-electron chi connectivity index (χ2n) is 4.32. The largest absolute Gasteiger partial charge is 0.275 e. The molecule has 7 nitrogen and oxygen atoms in total. The molecule has 0 saturated heterocycles. The molecule has 0 unspecified atom stereocenters. The van der Waals surface area contributed by atoms with E-state index >= 15 is 0 Å². The first-order chi connectivity index (χ1) is 9.06. The zero-order valence-corrected chi connectivity index (χ0v) is 10.4. The maximum absolute atomic E-state index is 11.9. The van der Waals surface area contributed by atoms with Crippen LogP contribution in [-0.2, 0) is 14.1 Å². The Morgan fingerprint density at radius 3 is 2.63 bits per heavy atom. The minimum absolute atomic E-state index is 0.278. The number of hydrogen-bond acceptors (Lipinski definition) is 4. The zero-order valence-electron chi connectivity index (χ0n) is 10.4. The first kappa shape index (κ1) is 11.4. The van der Waals surface area contributed by atoms with Crippen LogP contribution in [0.25, 0.3) is 22.0 Å². The van der Waals surface area contributed by atoms with Gasteiger partial charge in [-0.25, -0.2) is 0 Å². The molecule has 0 atom stereocenters. The number of aromatic amines is 1. The quantitative estimate of drug-likeness (QED) is 0.666. The van der Waals surface area contributed by atoms with Crippen LogP contribution in [0.5, 0.6) is 0 Å². The molecule has 0 bridgehead atoms. The average Bonchev–Trinajstić information content (AvgIpc) is 2.82. The lowest BCUT2D eigenvalue weighted by atomic mass is 10.1. The summed E-state index contributed by atoms with van der Waals surface area (Å²) < 4.78 is 2.80. The number of fused-ring (bicyclic) bond motifs is 1. The van der Waals surface area contributed by atoms with Gasteiger partial charge in [0.1, 0.15) is 0 Å². The Kier molecular flexibility index (Phi) is 2.34. The van der Waals surface area contributed by atoms with Gasteiger partial charge >= 0.3 is 0 Å². The van der Waals surface area contributed by atoms with Crippen molar-refractivity contribution in [3.63, 3.8) is 0 Å². The molecule has 96 valence electrons. The Bertz CT molecular complexity index is 887. The van der Waals surface area contributed by atoms with Crippen LogP contribution in [0.2, 0.25) is 0 Å². The third kappa shape index (κ3) is 1.75. The molecular weight excluding hydrogens is 246 g/mol. The number of rotatable bonds is 1. The number of nitrogens with zero attached hydrogens (tertiary/aromatic N) is 4. The fourth-order valence-electron chi connectivity index (χ4n) is 1.97. The van der Waals surface area contributed by atoms with Gasteiger partial charge in [-0.15, -0.1) is 0 Å². The second kappa shape index (κ2) is 3.91. The molecule has 7 heteroatoms. The fraction of sp³-hybridized carbons (Fsp3) is 0.167. The summed E-state index contributed by atoms with van der Waals surface area (Å²) in [5.74, 6) is 0. The van der Waals surface area contributed by atoms with Crippen molar-refractivity contribution in [2.45, 2.75) is 0 Å². The summed E-state index contributed by atoms with van der Waals surface area (Å²) >= 11 is 0. The zero-order chi connectivity index (χ0) is 13.6. The number of pyridine rings is 1. The molecule has 0 amide bonds. The van der Waals surface area contributed by atoms with E-state index in [2.05, 4.69) is 15.2 Å². The maximum Gasteiger partial charge on any atom is 0.274 e. The highest BCUT2D eigenvalue weighted by atomic mass is 16.1. The standard InChI is InChI=1S/C12H11N5O2/c1-16-6-7(4-14-16)10-3-8-9(5-13-10)12(19)17(2)15-11(8)18/h3-6H,1-2H3,(H,15,18). The minimum Gasteiger partial charge on any atom is -0.275 e. The first-order valence-electron chi connectivity index (χ1n) is 5.64. The van der Waals surface area contributed by atoms with Gasteiger partial charge in [0.25, 0.3) is 11.1 Å². The maximum atomic E-state index is 11.9. The van der Waals surface area contributed by atoms with Crippen molar-refractivity contribution >= 4 is 10.8 Å². The van der Waals surface area contributed by atoms with Gasteiger partial charge in [-0.2, -0.15) is 5.10 Å². The van der Waals surface area contributed by atoms with Crippen molar-refractivity contribution in [1.82, 2.24) is 24.5 Å². The van der Waals surface area contributed by atoms with E-state index in [1.807, 2.05) is 0 Å². The van der Waals surface area contributed by atoms with Gasteiger partial charge in [-0.05, 0) is 6.07 Å². The lowest BCUT2D eigenvalue weighted by molar-refractivity contribution is 0.704. The van der Waals surface area contributed by atoms with E-state index in [1.165, 1.54) is 13.2 Å². The van der Waals surface area contributed by atoms with Crippen molar-refractivity contribution < 1.29 is 0 Å². The molecule has 0 saturated carbocycles. The van der Waals surface area contributed by atoms with Crippen molar-refractivity contribution in [3.8, 4) is 11.3 Å². The van der Waals surface area contributed by atoms with Crippen molar-refractivity contribution in [1.29, 1.82) is 0 Å². The highest BCUT2D eigenvalue weighted by molar-refractivity contribution is 5.83. The molecule has 1 N–H and O–H groups in total. The Labute approximate surface area is 107 Å². The summed E-state index contributed by atoms with van der Waals surface area (Å²) in [4.78, 5) is 28.0. The molecule has 19 heavy (non-hydrogen) atoms. The summed E-state index contributed by atoms with van der Waals surface area (Å²) in [5, 5.41) is 7.15. The summed E-state index contributed by atoms with van der Waals surface area (Å²) in [6.45, 7) is 0.